The minimum atomic E-state index is -0.300. The number of hydrogen-bond acceptors (Lipinski definition) is 2. The molecule has 1 aromatic heterocycles. The third-order valence-corrected chi connectivity index (χ3v) is 5.03. The summed E-state index contributed by atoms with van der Waals surface area (Å²) in [6.45, 7) is 2.20. The highest BCUT2D eigenvalue weighted by atomic mass is 19.1. The van der Waals surface area contributed by atoms with E-state index in [4.69, 9.17) is 0 Å². The molecule has 3 nitrogen and oxygen atoms in total. The van der Waals surface area contributed by atoms with Crippen LogP contribution in [0.4, 0.5) is 10.1 Å². The fraction of sp³-hybridized carbons (Fsp3) is 0.0769. The summed E-state index contributed by atoms with van der Waals surface area (Å²) in [5, 5.41) is 0. The van der Waals surface area contributed by atoms with Gasteiger partial charge in [-0.3, -0.25) is 9.78 Å². The number of carbonyl (C=O) groups excluding carboxylic acids is 1. The van der Waals surface area contributed by atoms with Crippen LogP contribution in [0.15, 0.2) is 97.3 Å². The first-order valence-corrected chi connectivity index (χ1v) is 9.75. The smallest absolute Gasteiger partial charge is 0.258 e. The average Bonchev–Trinajstić information content (AvgIpc) is 2.79. The second kappa shape index (κ2) is 8.70. The molecule has 148 valence electrons. The second-order valence-electron chi connectivity index (χ2n) is 7.09. The molecule has 0 radical (unpaired) electrons. The first kappa shape index (κ1) is 19.5. The Bertz CT molecular complexity index is 1160. The number of para-hydroxylation sites is 1. The number of aromatic nitrogens is 1. The molecule has 0 fully saturated rings. The Balaban J connectivity index is 1.83. The number of pyridine rings is 1. The minimum Gasteiger partial charge on any atom is -0.303 e. The number of nitrogens with zero attached hydrogens (tertiary/aromatic N) is 2. The van der Waals surface area contributed by atoms with Crippen molar-refractivity contribution in [1.29, 1.82) is 0 Å². The molecular weight excluding hydrogens is 375 g/mol. The summed E-state index contributed by atoms with van der Waals surface area (Å²) in [6, 6.07) is 25.8. The van der Waals surface area contributed by atoms with Gasteiger partial charge in [0.05, 0.1) is 12.2 Å². The van der Waals surface area contributed by atoms with Crippen LogP contribution in [0, 0.1) is 12.7 Å². The van der Waals surface area contributed by atoms with Crippen molar-refractivity contribution in [3.05, 3.63) is 120 Å². The molecule has 4 heteroatoms. The van der Waals surface area contributed by atoms with E-state index in [0.29, 0.717) is 12.1 Å². The Hall–Kier alpha value is -3.79. The normalized spacial score (nSPS) is 10.6. The quantitative estimate of drug-likeness (QED) is 0.412. The lowest BCUT2D eigenvalue weighted by Gasteiger charge is -2.26. The van der Waals surface area contributed by atoms with Gasteiger partial charge in [0.1, 0.15) is 5.82 Å². The number of aryl methyl sites for hydroxylation is 1. The number of benzene rings is 3. The van der Waals surface area contributed by atoms with Crippen LogP contribution in [0.5, 0.6) is 0 Å². The monoisotopic (exact) mass is 396 g/mol. The van der Waals surface area contributed by atoms with Crippen LogP contribution >= 0.6 is 0 Å². The highest BCUT2D eigenvalue weighted by molar-refractivity contribution is 6.08. The van der Waals surface area contributed by atoms with Crippen molar-refractivity contribution in [2.75, 3.05) is 4.90 Å². The number of hydrogen-bond donors (Lipinski definition) is 0. The van der Waals surface area contributed by atoms with Crippen molar-refractivity contribution in [3.8, 4) is 11.1 Å². The van der Waals surface area contributed by atoms with Gasteiger partial charge >= 0.3 is 0 Å². The maximum absolute atomic E-state index is 13.6. The lowest BCUT2D eigenvalue weighted by molar-refractivity contribution is 0.0984. The molecule has 3 aromatic carbocycles. The summed E-state index contributed by atoms with van der Waals surface area (Å²) in [5.74, 6) is -0.422. The van der Waals surface area contributed by atoms with Crippen molar-refractivity contribution < 1.29 is 9.18 Å². The summed E-state index contributed by atoms with van der Waals surface area (Å²) >= 11 is 0. The summed E-state index contributed by atoms with van der Waals surface area (Å²) in [5.41, 5.74) is 5.03. The van der Waals surface area contributed by atoms with Crippen molar-refractivity contribution in [2.45, 2.75) is 13.5 Å². The number of carbonyl (C=O) groups is 1. The molecule has 0 N–H and O–H groups in total. The SMILES string of the molecule is Cc1cnccc1C(=O)N(Cc1ccc(F)cc1)c1ccccc1-c1ccccc1. The molecule has 4 rings (SSSR count). The molecule has 0 saturated heterocycles. The van der Waals surface area contributed by atoms with Gasteiger partial charge in [0.15, 0.2) is 0 Å². The Labute approximate surface area is 175 Å². The van der Waals surface area contributed by atoms with Gasteiger partial charge in [-0.1, -0.05) is 60.7 Å². The maximum atomic E-state index is 13.6. The van der Waals surface area contributed by atoms with Gasteiger partial charge in [0.2, 0.25) is 0 Å². The van der Waals surface area contributed by atoms with Crippen LogP contribution in [0.3, 0.4) is 0 Å². The highest BCUT2D eigenvalue weighted by Gasteiger charge is 2.22. The standard InChI is InChI=1S/C26H21FN2O/c1-19-17-28-16-15-23(19)26(30)29(18-20-11-13-22(27)14-12-20)25-10-6-5-9-24(25)21-7-3-2-4-8-21/h2-17H,18H2,1H3. The lowest BCUT2D eigenvalue weighted by atomic mass is 10.0. The minimum absolute atomic E-state index is 0.123. The van der Waals surface area contributed by atoms with E-state index in [9.17, 15) is 9.18 Å². The molecule has 0 saturated carbocycles. The summed E-state index contributed by atoms with van der Waals surface area (Å²) < 4.78 is 13.4. The number of rotatable bonds is 5. The topological polar surface area (TPSA) is 33.2 Å². The summed E-state index contributed by atoms with van der Waals surface area (Å²) in [7, 11) is 0. The van der Waals surface area contributed by atoms with Gasteiger partial charge in [-0.15, -0.1) is 0 Å². The van der Waals surface area contributed by atoms with Gasteiger partial charge in [0.25, 0.3) is 5.91 Å². The molecule has 0 atom stereocenters. The van der Waals surface area contributed by atoms with Crippen LogP contribution < -0.4 is 4.90 Å². The molecule has 0 aliphatic heterocycles. The molecule has 1 heterocycles. The van der Waals surface area contributed by atoms with E-state index in [1.54, 1.807) is 35.5 Å². The maximum Gasteiger partial charge on any atom is 0.258 e. The van der Waals surface area contributed by atoms with Crippen LogP contribution in [-0.4, -0.2) is 10.9 Å². The second-order valence-corrected chi connectivity index (χ2v) is 7.09. The Kier molecular flexibility index (Phi) is 5.66. The third kappa shape index (κ3) is 4.13. The van der Waals surface area contributed by atoms with E-state index < -0.39 is 0 Å². The third-order valence-electron chi connectivity index (χ3n) is 5.03. The lowest BCUT2D eigenvalue weighted by Crippen LogP contribution is -2.31. The zero-order valence-electron chi connectivity index (χ0n) is 16.6. The van der Waals surface area contributed by atoms with Crippen LogP contribution in [0.25, 0.3) is 11.1 Å². The highest BCUT2D eigenvalue weighted by Crippen LogP contribution is 2.33. The van der Waals surface area contributed by atoms with Gasteiger partial charge < -0.3 is 4.90 Å². The molecule has 0 unspecified atom stereocenters. The zero-order valence-corrected chi connectivity index (χ0v) is 16.6. The predicted octanol–water partition coefficient (Wildman–Crippen LogP) is 6.04. The first-order chi connectivity index (χ1) is 14.6. The van der Waals surface area contributed by atoms with Crippen molar-refractivity contribution in [1.82, 2.24) is 4.98 Å². The van der Waals surface area contributed by atoms with E-state index in [1.165, 1.54) is 12.1 Å². The molecular formula is C26H21FN2O. The molecule has 1 amide bonds. The Morgan fingerprint density at radius 2 is 1.60 bits per heavy atom. The van der Waals surface area contributed by atoms with E-state index in [0.717, 1.165) is 27.9 Å². The Morgan fingerprint density at radius 3 is 2.33 bits per heavy atom. The molecule has 4 aromatic rings. The fourth-order valence-electron chi connectivity index (χ4n) is 3.47. The average molecular weight is 396 g/mol. The van der Waals surface area contributed by atoms with Crippen LogP contribution in [0.2, 0.25) is 0 Å². The van der Waals surface area contributed by atoms with Gasteiger partial charge in [-0.2, -0.15) is 0 Å². The van der Waals surface area contributed by atoms with E-state index in [2.05, 4.69) is 4.98 Å². The van der Waals surface area contributed by atoms with Crippen LogP contribution in [-0.2, 0) is 6.54 Å². The first-order valence-electron chi connectivity index (χ1n) is 9.75. The van der Waals surface area contributed by atoms with Crippen molar-refractivity contribution in [2.24, 2.45) is 0 Å². The van der Waals surface area contributed by atoms with Gasteiger partial charge in [0, 0.05) is 23.5 Å². The zero-order chi connectivity index (χ0) is 20.9. The largest absolute Gasteiger partial charge is 0.303 e. The molecule has 0 aliphatic carbocycles. The molecule has 30 heavy (non-hydrogen) atoms. The molecule has 0 aliphatic rings. The number of anilines is 1. The van der Waals surface area contributed by atoms with Gasteiger partial charge in [-0.05, 0) is 47.9 Å². The predicted molar refractivity (Wildman–Crippen MR) is 118 cm³/mol. The molecule has 0 bridgehead atoms. The van der Waals surface area contributed by atoms with Crippen LogP contribution in [0.1, 0.15) is 21.5 Å². The number of halogens is 1. The van der Waals surface area contributed by atoms with Gasteiger partial charge in [-0.25, -0.2) is 4.39 Å². The van der Waals surface area contributed by atoms with Crippen molar-refractivity contribution >= 4 is 11.6 Å². The molecule has 0 spiro atoms. The van der Waals surface area contributed by atoms with Crippen molar-refractivity contribution in [3.63, 3.8) is 0 Å². The Morgan fingerprint density at radius 1 is 0.900 bits per heavy atom. The summed E-state index contributed by atoms with van der Waals surface area (Å²) in [4.78, 5) is 19.5. The van der Waals surface area contributed by atoms with E-state index in [-0.39, 0.29) is 11.7 Å². The van der Waals surface area contributed by atoms with E-state index in [1.807, 2.05) is 61.5 Å². The fourth-order valence-corrected chi connectivity index (χ4v) is 3.47. The number of amides is 1. The summed E-state index contributed by atoms with van der Waals surface area (Å²) in [6.07, 6.45) is 3.31. The van der Waals surface area contributed by atoms with E-state index >= 15 is 0 Å².